The van der Waals surface area contributed by atoms with Crippen molar-refractivity contribution in [2.75, 3.05) is 19.9 Å². The van der Waals surface area contributed by atoms with Gasteiger partial charge in [0.25, 0.3) is 6.48 Å². The number of hydrogen-bond donors (Lipinski definition) is 0. The summed E-state index contributed by atoms with van der Waals surface area (Å²) in [5.41, 5.74) is 0. The van der Waals surface area contributed by atoms with Gasteiger partial charge in [-0.05, 0) is 0 Å². The van der Waals surface area contributed by atoms with E-state index in [2.05, 4.69) is 14.2 Å². The van der Waals surface area contributed by atoms with Gasteiger partial charge in [-0.1, -0.05) is 0 Å². The second-order valence-corrected chi connectivity index (χ2v) is 2.75. The van der Waals surface area contributed by atoms with Gasteiger partial charge in [-0.3, -0.25) is 4.74 Å². The summed E-state index contributed by atoms with van der Waals surface area (Å²) in [7, 11) is 0. The van der Waals surface area contributed by atoms with E-state index in [9.17, 15) is 35.1 Å². The van der Waals surface area contributed by atoms with E-state index in [0.29, 0.717) is 0 Å². The Kier molecular flexibility index (Phi) is 6.78. The number of hydrogen-bond acceptors (Lipinski definition) is 3. The van der Waals surface area contributed by atoms with E-state index in [-0.39, 0.29) is 0 Å². The van der Waals surface area contributed by atoms with Crippen molar-refractivity contribution in [3.8, 4) is 0 Å². The van der Waals surface area contributed by atoms with E-state index in [0.717, 1.165) is 0 Å². The van der Waals surface area contributed by atoms with E-state index < -0.39 is 45.1 Å². The number of halogens is 8. The van der Waals surface area contributed by atoms with Gasteiger partial charge in [0.2, 0.25) is 0 Å². The van der Waals surface area contributed by atoms with Crippen LogP contribution in [0.15, 0.2) is 0 Å². The molecule has 3 nitrogen and oxygen atoms in total. The van der Waals surface area contributed by atoms with Crippen LogP contribution in [0, 0.1) is 0 Å². The van der Waals surface area contributed by atoms with Gasteiger partial charge in [0.05, 0.1) is 6.61 Å². The second-order valence-electron chi connectivity index (χ2n) is 2.75. The highest BCUT2D eigenvalue weighted by Gasteiger charge is 2.46. The van der Waals surface area contributed by atoms with Crippen molar-refractivity contribution in [1.82, 2.24) is 0 Å². The van der Waals surface area contributed by atoms with E-state index in [1.54, 1.807) is 0 Å². The van der Waals surface area contributed by atoms with Crippen LogP contribution in [-0.4, -0.2) is 45.1 Å². The van der Waals surface area contributed by atoms with Crippen LogP contribution in [0.4, 0.5) is 35.1 Å². The Hall–Kier alpha value is -0.680. The Morgan fingerprint density at radius 3 is 1.89 bits per heavy atom. The molecule has 0 spiro atoms. The Labute approximate surface area is 95.6 Å². The lowest BCUT2D eigenvalue weighted by Gasteiger charge is -2.23. The molecule has 0 aromatic carbocycles. The Morgan fingerprint density at radius 1 is 0.944 bits per heavy atom. The van der Waals surface area contributed by atoms with Crippen LogP contribution in [0.2, 0.25) is 0 Å². The average molecular weight is 292 g/mol. The Balaban J connectivity index is 4.39. The van der Waals surface area contributed by atoms with Crippen LogP contribution in [0.1, 0.15) is 0 Å². The molecule has 18 heavy (non-hydrogen) atoms. The second kappa shape index (κ2) is 7.04. The lowest BCUT2D eigenvalue weighted by atomic mass is 10.6. The monoisotopic (exact) mass is 292 g/mol. The quantitative estimate of drug-likeness (QED) is 0.508. The summed E-state index contributed by atoms with van der Waals surface area (Å²) in [6, 6.07) is 0. The van der Waals surface area contributed by atoms with Crippen molar-refractivity contribution in [2.24, 2.45) is 0 Å². The molecule has 0 aliphatic carbocycles. The lowest BCUT2D eigenvalue weighted by molar-refractivity contribution is -0.420. The first kappa shape index (κ1) is 17.3. The van der Waals surface area contributed by atoms with Gasteiger partial charge in [-0.2, -0.15) is 22.0 Å². The molecule has 0 saturated heterocycles. The number of rotatable bonds is 8. The van der Waals surface area contributed by atoms with E-state index in [1.165, 1.54) is 0 Å². The largest absolute Gasteiger partial charge is 0.420 e. The molecule has 0 aromatic rings. The molecule has 0 aromatic heterocycles. The molecule has 0 rings (SSSR count). The van der Waals surface area contributed by atoms with Crippen LogP contribution < -0.4 is 0 Å². The fourth-order valence-electron chi connectivity index (χ4n) is 0.599. The molecule has 0 amide bonds. The first-order valence-corrected chi connectivity index (χ1v) is 4.28. The predicted octanol–water partition coefficient (Wildman–Crippen LogP) is 2.71. The molecule has 0 fully saturated rings. The summed E-state index contributed by atoms with van der Waals surface area (Å²) in [4.78, 5) is 0. The number of ether oxygens (including phenoxy) is 3. The van der Waals surface area contributed by atoms with Crippen LogP contribution in [-0.2, 0) is 14.2 Å². The molecule has 1 unspecified atom stereocenters. The smallest absolute Gasteiger partial charge is 0.327 e. The highest BCUT2D eigenvalue weighted by Crippen LogP contribution is 2.27. The summed E-state index contributed by atoms with van der Waals surface area (Å²) in [5, 5.41) is 0. The molecule has 0 N–H and O–H groups in total. The molecule has 0 saturated carbocycles. The zero-order valence-corrected chi connectivity index (χ0v) is 8.52. The van der Waals surface area contributed by atoms with Gasteiger partial charge in [-0.15, -0.1) is 0 Å². The maximum atomic E-state index is 12.3. The summed E-state index contributed by atoms with van der Waals surface area (Å²) in [6.07, 6.45) is -14.3. The highest BCUT2D eigenvalue weighted by atomic mass is 19.4. The van der Waals surface area contributed by atoms with Crippen LogP contribution >= 0.6 is 0 Å². The van der Waals surface area contributed by atoms with Crippen molar-refractivity contribution in [2.45, 2.75) is 25.2 Å². The molecule has 110 valence electrons. The molecule has 0 aliphatic heterocycles. The van der Waals surface area contributed by atoms with Gasteiger partial charge >= 0.3 is 18.7 Å². The standard InChI is InChI=1S/C7H8F8O3/c8-1-2-16-5(17-3-6(11,12)13)18-7(14,15)4(9)10/h4-5H,1-3H2. The molecular formula is C7H8F8O3. The first-order chi connectivity index (χ1) is 8.08. The number of alkyl halides is 8. The van der Waals surface area contributed by atoms with E-state index in [4.69, 9.17) is 0 Å². The van der Waals surface area contributed by atoms with Gasteiger partial charge in [-0.25, -0.2) is 13.2 Å². The predicted molar refractivity (Wildman–Crippen MR) is 39.8 cm³/mol. The maximum Gasteiger partial charge on any atom is 0.420 e. The van der Waals surface area contributed by atoms with E-state index in [1.807, 2.05) is 0 Å². The zero-order valence-electron chi connectivity index (χ0n) is 8.52. The summed E-state index contributed by atoms with van der Waals surface area (Å²) >= 11 is 0. The molecule has 11 heteroatoms. The van der Waals surface area contributed by atoms with Crippen LogP contribution in [0.3, 0.4) is 0 Å². The molecule has 0 bridgehead atoms. The zero-order chi connectivity index (χ0) is 14.4. The molecule has 0 radical (unpaired) electrons. The molecule has 0 aliphatic rings. The van der Waals surface area contributed by atoms with Crippen LogP contribution in [0.5, 0.6) is 0 Å². The summed E-state index contributed by atoms with van der Waals surface area (Å²) in [5.74, 6) is 0. The molecular weight excluding hydrogens is 284 g/mol. The van der Waals surface area contributed by atoms with Crippen LogP contribution in [0.25, 0.3) is 0 Å². The van der Waals surface area contributed by atoms with Crippen molar-refractivity contribution >= 4 is 0 Å². The highest BCUT2D eigenvalue weighted by molar-refractivity contribution is 4.55. The SMILES string of the molecule is FCCOC(OCC(F)(F)F)OC(F)(F)C(F)F. The Bertz CT molecular complexity index is 231. The summed E-state index contributed by atoms with van der Waals surface area (Å²) < 4.78 is 106. The van der Waals surface area contributed by atoms with Gasteiger partial charge in [0.15, 0.2) is 0 Å². The fourth-order valence-corrected chi connectivity index (χ4v) is 0.599. The van der Waals surface area contributed by atoms with E-state index >= 15 is 0 Å². The van der Waals surface area contributed by atoms with Gasteiger partial charge in [0.1, 0.15) is 13.3 Å². The maximum absolute atomic E-state index is 12.3. The van der Waals surface area contributed by atoms with Crippen molar-refractivity contribution in [3.05, 3.63) is 0 Å². The fraction of sp³-hybridized carbons (Fsp3) is 1.00. The Morgan fingerprint density at radius 2 is 1.50 bits per heavy atom. The topological polar surface area (TPSA) is 27.7 Å². The first-order valence-electron chi connectivity index (χ1n) is 4.28. The van der Waals surface area contributed by atoms with Gasteiger partial charge in [0, 0.05) is 0 Å². The third kappa shape index (κ3) is 7.61. The van der Waals surface area contributed by atoms with Gasteiger partial charge < -0.3 is 9.47 Å². The third-order valence-electron chi connectivity index (χ3n) is 1.22. The third-order valence-corrected chi connectivity index (χ3v) is 1.22. The molecule has 0 heterocycles. The van der Waals surface area contributed by atoms with Crippen molar-refractivity contribution in [1.29, 1.82) is 0 Å². The average Bonchev–Trinajstić information content (AvgIpc) is 2.20. The lowest BCUT2D eigenvalue weighted by Crippen LogP contribution is -2.39. The van der Waals surface area contributed by atoms with Crippen molar-refractivity contribution in [3.63, 3.8) is 0 Å². The summed E-state index contributed by atoms with van der Waals surface area (Å²) in [6.45, 7) is -7.05. The minimum Gasteiger partial charge on any atom is -0.327 e. The minimum atomic E-state index is -5.08. The minimum absolute atomic E-state index is 0.957. The normalized spacial score (nSPS) is 15.2. The van der Waals surface area contributed by atoms with Crippen molar-refractivity contribution < 1.29 is 49.3 Å². The molecule has 1 atom stereocenters.